The van der Waals surface area contributed by atoms with E-state index in [-0.39, 0.29) is 0 Å². The van der Waals surface area contributed by atoms with Crippen LogP contribution in [0.15, 0.2) is 36.5 Å². The van der Waals surface area contributed by atoms with Gasteiger partial charge in [0.1, 0.15) is 5.82 Å². The first-order chi connectivity index (χ1) is 10.3. The molecule has 5 nitrogen and oxygen atoms in total. The molecule has 112 valence electrons. The van der Waals surface area contributed by atoms with Crippen molar-refractivity contribution in [2.24, 2.45) is 0 Å². The highest BCUT2D eigenvalue weighted by molar-refractivity contribution is 6.30. The number of benzene rings is 1. The number of rotatable bonds is 8. The van der Waals surface area contributed by atoms with Gasteiger partial charge in [-0.15, -0.1) is 0 Å². The molecule has 0 amide bonds. The summed E-state index contributed by atoms with van der Waals surface area (Å²) in [5.74, 6) is 1.40. The van der Waals surface area contributed by atoms with Crippen LogP contribution in [0.2, 0.25) is 5.02 Å². The number of hydrogen-bond acceptors (Lipinski definition) is 5. The molecule has 0 unspecified atom stereocenters. The maximum Gasteiger partial charge on any atom is 0.224 e. The number of aromatic nitrogens is 2. The second-order valence-corrected chi connectivity index (χ2v) is 4.93. The fourth-order valence-electron chi connectivity index (χ4n) is 1.83. The van der Waals surface area contributed by atoms with E-state index in [1.54, 1.807) is 13.3 Å². The van der Waals surface area contributed by atoms with Gasteiger partial charge in [0, 0.05) is 31.4 Å². The molecule has 6 heteroatoms. The van der Waals surface area contributed by atoms with E-state index in [0.29, 0.717) is 12.6 Å². The van der Waals surface area contributed by atoms with Crippen molar-refractivity contribution >= 4 is 23.4 Å². The molecule has 2 rings (SSSR count). The molecule has 2 N–H and O–H groups in total. The highest BCUT2D eigenvalue weighted by Gasteiger charge is 1.99. The van der Waals surface area contributed by atoms with Gasteiger partial charge in [-0.05, 0) is 30.2 Å². The number of ether oxygens (including phenoxy) is 1. The van der Waals surface area contributed by atoms with E-state index < -0.39 is 0 Å². The van der Waals surface area contributed by atoms with E-state index in [1.807, 2.05) is 24.3 Å². The van der Waals surface area contributed by atoms with Gasteiger partial charge in [-0.25, -0.2) is 4.98 Å². The fourth-order valence-corrected chi connectivity index (χ4v) is 2.05. The van der Waals surface area contributed by atoms with Crippen molar-refractivity contribution in [1.82, 2.24) is 9.97 Å². The van der Waals surface area contributed by atoms with Crippen LogP contribution in [0.5, 0.6) is 0 Å². The number of nitrogens with zero attached hydrogens (tertiary/aromatic N) is 2. The zero-order chi connectivity index (χ0) is 14.9. The van der Waals surface area contributed by atoms with E-state index >= 15 is 0 Å². The third-order valence-corrected chi connectivity index (χ3v) is 3.09. The highest BCUT2D eigenvalue weighted by atomic mass is 35.5. The molecule has 0 radical (unpaired) electrons. The van der Waals surface area contributed by atoms with Crippen LogP contribution in [0.4, 0.5) is 11.8 Å². The van der Waals surface area contributed by atoms with Crippen LogP contribution in [-0.4, -0.2) is 36.8 Å². The lowest BCUT2D eigenvalue weighted by Gasteiger charge is -2.08. The SMILES string of the molecule is COCCNc1ccnc(NCCc2cccc(Cl)c2)n1. The number of nitrogens with one attached hydrogen (secondary N) is 2. The van der Waals surface area contributed by atoms with E-state index in [0.717, 1.165) is 30.4 Å². The van der Waals surface area contributed by atoms with Crippen LogP contribution in [0.25, 0.3) is 0 Å². The van der Waals surface area contributed by atoms with E-state index in [1.165, 1.54) is 5.56 Å². The Labute approximate surface area is 129 Å². The quantitative estimate of drug-likeness (QED) is 0.734. The lowest BCUT2D eigenvalue weighted by Crippen LogP contribution is -2.12. The summed E-state index contributed by atoms with van der Waals surface area (Å²) in [7, 11) is 1.67. The summed E-state index contributed by atoms with van der Waals surface area (Å²) in [5.41, 5.74) is 1.18. The van der Waals surface area contributed by atoms with Crippen molar-refractivity contribution in [1.29, 1.82) is 0 Å². The Morgan fingerprint density at radius 1 is 1.19 bits per heavy atom. The first-order valence-corrected chi connectivity index (χ1v) is 7.20. The summed E-state index contributed by atoms with van der Waals surface area (Å²) in [6.45, 7) is 2.11. The van der Waals surface area contributed by atoms with Gasteiger partial charge < -0.3 is 15.4 Å². The molecule has 0 saturated carbocycles. The van der Waals surface area contributed by atoms with Gasteiger partial charge >= 0.3 is 0 Å². The minimum Gasteiger partial charge on any atom is -0.383 e. The molecular formula is C15H19ClN4O. The summed E-state index contributed by atoms with van der Waals surface area (Å²) in [6, 6.07) is 9.67. The summed E-state index contributed by atoms with van der Waals surface area (Å²) in [5, 5.41) is 7.13. The van der Waals surface area contributed by atoms with Gasteiger partial charge in [0.2, 0.25) is 5.95 Å². The van der Waals surface area contributed by atoms with Gasteiger partial charge in [-0.1, -0.05) is 23.7 Å². The highest BCUT2D eigenvalue weighted by Crippen LogP contribution is 2.11. The summed E-state index contributed by atoms with van der Waals surface area (Å²) in [4.78, 5) is 8.58. The van der Waals surface area contributed by atoms with Gasteiger partial charge in [0.05, 0.1) is 6.61 Å². The van der Waals surface area contributed by atoms with Crippen molar-refractivity contribution < 1.29 is 4.74 Å². The van der Waals surface area contributed by atoms with Gasteiger partial charge in [0.25, 0.3) is 0 Å². The van der Waals surface area contributed by atoms with Crippen LogP contribution in [-0.2, 0) is 11.2 Å². The van der Waals surface area contributed by atoms with E-state index in [9.17, 15) is 0 Å². The Bertz CT molecular complexity index is 565. The second-order valence-electron chi connectivity index (χ2n) is 4.49. The van der Waals surface area contributed by atoms with Crippen LogP contribution in [0.1, 0.15) is 5.56 Å². The van der Waals surface area contributed by atoms with Gasteiger partial charge in [-0.2, -0.15) is 4.98 Å². The molecule has 0 bridgehead atoms. The zero-order valence-electron chi connectivity index (χ0n) is 12.0. The standard InChI is InChI=1S/C15H19ClN4O/c1-21-10-9-17-14-6-8-19-15(20-14)18-7-5-12-3-2-4-13(16)11-12/h2-4,6,8,11H,5,7,9-10H2,1H3,(H2,17,18,19,20). The largest absolute Gasteiger partial charge is 0.383 e. The Balaban J connectivity index is 1.81. The summed E-state index contributed by atoms with van der Waals surface area (Å²) < 4.78 is 4.99. The van der Waals surface area contributed by atoms with E-state index in [4.69, 9.17) is 16.3 Å². The fraction of sp³-hybridized carbons (Fsp3) is 0.333. The minimum atomic E-state index is 0.611. The van der Waals surface area contributed by atoms with Crippen molar-refractivity contribution in [2.75, 3.05) is 37.4 Å². The number of methoxy groups -OCH3 is 1. The normalized spacial score (nSPS) is 10.4. The number of hydrogen-bond donors (Lipinski definition) is 2. The molecule has 1 heterocycles. The lowest BCUT2D eigenvalue weighted by molar-refractivity contribution is 0.210. The van der Waals surface area contributed by atoms with Gasteiger partial charge in [0.15, 0.2) is 0 Å². The molecular weight excluding hydrogens is 288 g/mol. The van der Waals surface area contributed by atoms with Crippen LogP contribution in [0.3, 0.4) is 0 Å². The third kappa shape index (κ3) is 5.57. The van der Waals surface area contributed by atoms with Crippen LogP contribution < -0.4 is 10.6 Å². The van der Waals surface area contributed by atoms with Gasteiger partial charge in [-0.3, -0.25) is 0 Å². The molecule has 0 aliphatic carbocycles. The second kappa shape index (κ2) is 8.44. The number of halogens is 1. The van der Waals surface area contributed by atoms with Crippen LogP contribution >= 0.6 is 11.6 Å². The first-order valence-electron chi connectivity index (χ1n) is 6.82. The molecule has 0 fully saturated rings. The average Bonchev–Trinajstić information content (AvgIpc) is 2.48. The molecule has 1 aromatic carbocycles. The predicted molar refractivity (Wildman–Crippen MR) is 86.0 cm³/mol. The Kier molecular flexibility index (Phi) is 6.24. The monoisotopic (exact) mass is 306 g/mol. The topological polar surface area (TPSA) is 59.1 Å². The zero-order valence-corrected chi connectivity index (χ0v) is 12.7. The third-order valence-electron chi connectivity index (χ3n) is 2.85. The molecule has 2 aromatic rings. The van der Waals surface area contributed by atoms with Crippen LogP contribution in [0, 0.1) is 0 Å². The van der Waals surface area contributed by atoms with Crippen molar-refractivity contribution in [3.8, 4) is 0 Å². The summed E-state index contributed by atoms with van der Waals surface area (Å²) >= 11 is 5.96. The average molecular weight is 307 g/mol. The smallest absolute Gasteiger partial charge is 0.224 e. The molecule has 0 aliphatic rings. The minimum absolute atomic E-state index is 0.611. The molecule has 0 atom stereocenters. The van der Waals surface area contributed by atoms with Crippen molar-refractivity contribution in [3.05, 3.63) is 47.1 Å². The Morgan fingerprint density at radius 2 is 2.10 bits per heavy atom. The molecule has 0 aliphatic heterocycles. The lowest BCUT2D eigenvalue weighted by atomic mass is 10.1. The van der Waals surface area contributed by atoms with Crippen molar-refractivity contribution in [2.45, 2.75) is 6.42 Å². The maximum absolute atomic E-state index is 5.96. The predicted octanol–water partition coefficient (Wildman–Crippen LogP) is 2.84. The molecule has 21 heavy (non-hydrogen) atoms. The molecule has 1 aromatic heterocycles. The summed E-state index contributed by atoms with van der Waals surface area (Å²) in [6.07, 6.45) is 2.59. The number of anilines is 2. The Morgan fingerprint density at radius 3 is 2.90 bits per heavy atom. The van der Waals surface area contributed by atoms with Crippen molar-refractivity contribution in [3.63, 3.8) is 0 Å². The first kappa shape index (κ1) is 15.5. The molecule has 0 spiro atoms. The van der Waals surface area contributed by atoms with E-state index in [2.05, 4.69) is 26.7 Å². The Hall–Kier alpha value is -1.85. The molecule has 0 saturated heterocycles. The maximum atomic E-state index is 5.96.